The van der Waals surface area contributed by atoms with Crippen molar-refractivity contribution in [1.29, 1.82) is 0 Å². The van der Waals surface area contributed by atoms with Crippen molar-refractivity contribution in [2.75, 3.05) is 42.8 Å². The number of benzene rings is 6. The minimum absolute atomic E-state index is 0. The molecule has 11 heterocycles. The highest BCUT2D eigenvalue weighted by Crippen LogP contribution is 2.41. The van der Waals surface area contributed by atoms with Crippen LogP contribution in [0.2, 0.25) is 51.4 Å². The molecule has 11 N–H and O–H groups in total. The molecule has 740 valence electrons. The molecule has 4 amide bonds. The molecule has 33 nitrogen and oxygen atoms in total. The number of aromatic nitrogens is 15. The monoisotopic (exact) mass is 2020 g/mol. The summed E-state index contributed by atoms with van der Waals surface area (Å²) in [6, 6.07) is 33.6. The summed E-state index contributed by atoms with van der Waals surface area (Å²) in [4.78, 5) is 75.4. The summed E-state index contributed by atoms with van der Waals surface area (Å²) < 4.78 is 88.1. The van der Waals surface area contributed by atoms with Crippen LogP contribution >= 0.6 is 46.4 Å². The molecule has 42 heteroatoms. The van der Waals surface area contributed by atoms with E-state index in [9.17, 15) is 24.0 Å². The molecule has 9 aromatic heterocycles. The Morgan fingerprint density at radius 3 is 1.44 bits per heavy atom. The van der Waals surface area contributed by atoms with Gasteiger partial charge in [-0.3, -0.25) is 19.8 Å². The van der Waals surface area contributed by atoms with E-state index in [-0.39, 0.29) is 79.4 Å². The zero-order chi connectivity index (χ0) is 99.4. The number of nitrogen functional groups attached to an aromatic ring is 1. The molecule has 17 rings (SSSR count). The number of nitrogens with one attached hydrogen (secondary N) is 6. The lowest BCUT2D eigenvalue weighted by Gasteiger charge is -2.24. The molecule has 0 spiro atoms. The number of carbonyl (C=O) groups excluding carboxylic acids is 4. The number of aromatic amines is 2. The van der Waals surface area contributed by atoms with Gasteiger partial charge in [-0.15, -0.1) is 46.4 Å². The number of carboxylic acid groups (broad SMARTS) is 1. The molecule has 2 fully saturated rings. The Labute approximate surface area is 827 Å². The average Bonchev–Trinajstić information content (AvgIpc) is 1.50. The van der Waals surface area contributed by atoms with Crippen LogP contribution in [-0.4, -0.2) is 163 Å². The number of ether oxygens (including phenoxy) is 6. The Morgan fingerprint density at radius 2 is 0.986 bits per heavy atom. The minimum Gasteiger partial charge on any atom is -0.476 e. The van der Waals surface area contributed by atoms with E-state index in [0.29, 0.717) is 114 Å². The van der Waals surface area contributed by atoms with Crippen LogP contribution in [0.1, 0.15) is 158 Å². The van der Waals surface area contributed by atoms with Gasteiger partial charge in [0.1, 0.15) is 85.6 Å². The van der Waals surface area contributed by atoms with Crippen LogP contribution < -0.4 is 32.7 Å². The molecule has 0 radical (unpaired) electrons. The summed E-state index contributed by atoms with van der Waals surface area (Å²) in [7, 11) is -2.45. The lowest BCUT2D eigenvalue weighted by molar-refractivity contribution is -0.0386. The SMILES string of the molecule is CC(C)(C)OC(=O)NCc1cccc(-c2cc3cnn(COCC[Si](C)(C)C)c3cc2N)c1F.Cc1cc(-c2nc(C(=O)Nc3cc4[nH]ncc4cc3-c3cccc(CN)c3F)cs2)n[nH]1.Cc1cc(-c2nc(C(=O)Nc3cc4c(cnn4COCC[Si](C)(C)C)cc3-c3cccc(CNC(=O)OC(C)(C)C)c3F)cs2)n(C2CCCCO2)n1.Cc1cc(-c2nc(C(=O)O)cs2)n(C2CCCCO2)n1.Cl. The van der Waals surface area contributed by atoms with Gasteiger partial charge in [0.15, 0.2) is 18.1 Å². The van der Waals surface area contributed by atoms with E-state index in [4.69, 9.17) is 50.0 Å². The lowest BCUT2D eigenvalue weighted by atomic mass is 9.98. The largest absolute Gasteiger partial charge is 0.476 e. The quantitative estimate of drug-likeness (QED) is 0.0125. The normalized spacial score (nSPS) is 14.0. The van der Waals surface area contributed by atoms with Gasteiger partial charge in [-0.25, -0.2) is 61.2 Å². The summed E-state index contributed by atoms with van der Waals surface area (Å²) in [5, 5.41) is 61.4. The third-order valence-corrected chi connectivity index (χ3v) is 28.2. The maximum absolute atomic E-state index is 16.3. The molecular weight excluding hydrogens is 1910 g/mol. The number of rotatable bonds is 28. The van der Waals surface area contributed by atoms with Crippen molar-refractivity contribution in [3.63, 3.8) is 0 Å². The fourth-order valence-electron chi connectivity index (χ4n) is 15.2. The molecule has 15 aromatic rings. The van der Waals surface area contributed by atoms with E-state index in [1.807, 2.05) is 54.4 Å². The standard InChI is InChI=1S/C38H48FN7O5SSi.C25H35FN4O3Si.C22H18FN7OS.C13H15N3O3S.ClH/c1-24-17-32(46(44-24)33-13-8-9-14-50-33)36-43-30(22-52-36)35(47)42-29-19-31-26(21-41-45(31)23-49-15-16-53(5,6)7)18-28(29)27-12-10-11-25(34(27)39)20-40-37(48)51-38(2,3)4;1-25(2,3)33-24(31)28-14-17-8-7-9-19(23(17)26)20-12-18-15-29-30(22(18)13-21(20)27)16-32-10-11-34(4,5)6;1-11-5-18(30-28-11)22-27-19(10-32-22)21(31)26-17-7-16-13(9-25-29-16)6-15(17)14-4-2-3-12(8-24)20(14)23;1-8-6-10(12-14-9(7-20-12)13(17)18)16(15-8)11-4-2-3-5-19-11;/h10-12,17-19,21-22,33H,8-9,13-16,20,23H2,1-7H3,(H,40,48)(H,42,47);7-9,12-13,15H,10-11,14,16,27H2,1-6H3,(H,28,31);2-7,9-10H,8,24H2,1H3,(H,25,29)(H,26,31)(H,28,30);6-7,11H,2-5H2,1H3,(H,17,18);1H. The Morgan fingerprint density at radius 1 is 0.543 bits per heavy atom. The van der Waals surface area contributed by atoms with Crippen LogP contribution in [0.25, 0.3) is 98.2 Å². The van der Waals surface area contributed by atoms with Crippen molar-refractivity contribution in [3.05, 3.63) is 212 Å². The molecule has 2 saturated heterocycles. The van der Waals surface area contributed by atoms with Gasteiger partial charge in [0.25, 0.3) is 11.8 Å². The van der Waals surface area contributed by atoms with E-state index in [0.717, 1.165) is 107 Å². The van der Waals surface area contributed by atoms with Gasteiger partial charge in [-0.1, -0.05) is 93.9 Å². The molecule has 0 saturated carbocycles. The zero-order valence-corrected chi connectivity index (χ0v) is 86.0. The number of aryl methyl sites for hydroxylation is 3. The second-order valence-electron chi connectivity index (χ2n) is 38.2. The van der Waals surface area contributed by atoms with Crippen molar-refractivity contribution in [2.45, 2.75) is 209 Å². The number of amides is 4. The van der Waals surface area contributed by atoms with Crippen molar-refractivity contribution < 1.29 is 70.7 Å². The predicted molar refractivity (Wildman–Crippen MR) is 547 cm³/mol. The van der Waals surface area contributed by atoms with Crippen LogP contribution in [0.3, 0.4) is 0 Å². The van der Waals surface area contributed by atoms with Crippen molar-refractivity contribution in [2.24, 2.45) is 5.73 Å². The smallest absolute Gasteiger partial charge is 0.407 e. The van der Waals surface area contributed by atoms with E-state index in [1.54, 1.807) is 171 Å². The van der Waals surface area contributed by atoms with E-state index < -0.39 is 74.8 Å². The highest BCUT2D eigenvalue weighted by Gasteiger charge is 2.30. The molecule has 0 aliphatic carbocycles. The Bertz CT molecular complexity index is 6910. The Hall–Kier alpha value is -12.7. The first-order chi connectivity index (χ1) is 66.2. The van der Waals surface area contributed by atoms with E-state index in [1.165, 1.54) is 34.0 Å². The molecule has 6 aromatic carbocycles. The van der Waals surface area contributed by atoms with Crippen molar-refractivity contribution >= 4 is 142 Å². The molecule has 2 unspecified atom stereocenters. The number of aromatic carboxylic acids is 1. The number of halogens is 4. The summed E-state index contributed by atoms with van der Waals surface area (Å²) in [5.74, 6) is -3.26. The first-order valence-corrected chi connectivity index (χ1v) is 55.7. The van der Waals surface area contributed by atoms with Crippen LogP contribution in [0.5, 0.6) is 0 Å². The van der Waals surface area contributed by atoms with Gasteiger partial charge in [-0.2, -0.15) is 30.6 Å². The summed E-state index contributed by atoms with van der Waals surface area (Å²) in [6.07, 6.45) is 9.60. The first-order valence-electron chi connectivity index (χ1n) is 45.6. The fourth-order valence-corrected chi connectivity index (χ4v) is 19.1. The van der Waals surface area contributed by atoms with Gasteiger partial charge in [-0.05, 0) is 168 Å². The van der Waals surface area contributed by atoms with Gasteiger partial charge < -0.3 is 66.3 Å². The van der Waals surface area contributed by atoms with Crippen LogP contribution in [0, 0.1) is 38.2 Å². The third kappa shape index (κ3) is 27.1. The van der Waals surface area contributed by atoms with E-state index >= 15 is 13.2 Å². The van der Waals surface area contributed by atoms with Crippen molar-refractivity contribution in [3.8, 4) is 65.5 Å². The fraction of sp³-hybridized carbons (Fsp3) is 0.367. The van der Waals surface area contributed by atoms with E-state index in [2.05, 4.69) is 111 Å². The second-order valence-corrected chi connectivity index (χ2v) is 52.0. The second kappa shape index (κ2) is 45.7. The topological polar surface area (TPSA) is 428 Å². The lowest BCUT2D eigenvalue weighted by Crippen LogP contribution is -2.32. The van der Waals surface area contributed by atoms with Crippen LogP contribution in [-0.2, 0) is 61.5 Å². The van der Waals surface area contributed by atoms with Gasteiger partial charge in [0, 0.05) is 156 Å². The first kappa shape index (κ1) is 105. The number of nitrogens with zero attached hydrogens (tertiary/aromatic N) is 13. The Balaban J connectivity index is 0.000000165. The number of alkyl carbamates (subject to hydrolysis) is 2. The molecule has 2 aliphatic heterocycles. The summed E-state index contributed by atoms with van der Waals surface area (Å²) in [5.41, 5.74) is 23.1. The summed E-state index contributed by atoms with van der Waals surface area (Å²) >= 11 is 3.98. The minimum atomic E-state index is -1.29. The summed E-state index contributed by atoms with van der Waals surface area (Å²) in [6.45, 7) is 33.4. The molecule has 140 heavy (non-hydrogen) atoms. The van der Waals surface area contributed by atoms with Gasteiger partial charge in [0.05, 0.1) is 57.9 Å². The third-order valence-electron chi connectivity index (χ3n) is 22.2. The van der Waals surface area contributed by atoms with Gasteiger partial charge >= 0.3 is 18.2 Å². The average molecular weight is 2030 g/mol. The number of fused-ring (bicyclic) bond motifs is 3. The van der Waals surface area contributed by atoms with Crippen LogP contribution in [0.15, 0.2) is 144 Å². The number of hydrogen-bond acceptors (Lipinski definition) is 25. The van der Waals surface area contributed by atoms with Gasteiger partial charge in [0.2, 0.25) is 0 Å². The molecular formula is C98H117ClF3N21O12S3Si2. The molecule has 2 aliphatic rings. The zero-order valence-electron chi connectivity index (χ0n) is 80.7. The number of carboxylic acids is 1. The number of carbonyl (C=O) groups is 5. The number of H-pyrrole nitrogens is 2. The number of hydrogen-bond donors (Lipinski definition) is 9. The molecule has 2 atom stereocenters. The maximum atomic E-state index is 16.3. The predicted octanol–water partition coefficient (Wildman–Crippen LogP) is 21.9. The van der Waals surface area contributed by atoms with Crippen LogP contribution in [0.4, 0.5) is 39.8 Å². The molecule has 0 bridgehead atoms. The number of nitrogens with two attached hydrogens (primary N) is 2. The number of thiazole rings is 3. The highest BCUT2D eigenvalue weighted by atomic mass is 35.5. The highest BCUT2D eigenvalue weighted by molar-refractivity contribution is 7.14. The maximum Gasteiger partial charge on any atom is 0.407 e. The van der Waals surface area contributed by atoms with Crippen molar-refractivity contribution in [1.82, 2.24) is 85.1 Å². The number of anilines is 3. The Kier molecular flexibility index (Phi) is 34.2.